The second kappa shape index (κ2) is 27.7. The SMILES string of the molecule is CC.CC.CC.CCCC(=O)N(C)CCOCCN(C)C. The van der Waals surface area contributed by atoms with Crippen molar-refractivity contribution >= 4 is 5.91 Å². The van der Waals surface area contributed by atoms with Gasteiger partial charge in [-0.15, -0.1) is 0 Å². The molecule has 0 aliphatic carbocycles. The van der Waals surface area contributed by atoms with Crippen molar-refractivity contribution < 1.29 is 9.53 Å². The Morgan fingerprint density at radius 2 is 1.29 bits per heavy atom. The van der Waals surface area contributed by atoms with Gasteiger partial charge in [0.25, 0.3) is 0 Å². The summed E-state index contributed by atoms with van der Waals surface area (Å²) >= 11 is 0. The van der Waals surface area contributed by atoms with Crippen molar-refractivity contribution in [3.63, 3.8) is 0 Å². The summed E-state index contributed by atoms with van der Waals surface area (Å²) in [6, 6.07) is 0. The maximum absolute atomic E-state index is 11.4. The van der Waals surface area contributed by atoms with Gasteiger partial charge in [0.2, 0.25) is 5.91 Å². The Bertz CT molecular complexity index is 174. The third-order valence-corrected chi connectivity index (χ3v) is 2.14. The summed E-state index contributed by atoms with van der Waals surface area (Å²) < 4.78 is 5.41. The van der Waals surface area contributed by atoms with Gasteiger partial charge in [0.15, 0.2) is 0 Å². The van der Waals surface area contributed by atoms with Crippen molar-refractivity contribution in [1.82, 2.24) is 9.80 Å². The molecule has 0 aliphatic rings. The van der Waals surface area contributed by atoms with Crippen LogP contribution in [0.25, 0.3) is 0 Å². The molecule has 0 saturated carbocycles. The molecule has 4 nitrogen and oxygen atoms in total. The number of hydrogen-bond acceptors (Lipinski definition) is 3. The van der Waals surface area contributed by atoms with E-state index in [1.54, 1.807) is 4.90 Å². The van der Waals surface area contributed by atoms with Crippen molar-refractivity contribution in [2.75, 3.05) is 47.4 Å². The zero-order valence-electron chi connectivity index (χ0n) is 16.5. The lowest BCUT2D eigenvalue weighted by Crippen LogP contribution is -2.30. The monoisotopic (exact) mass is 306 g/mol. The molecule has 0 saturated heterocycles. The van der Waals surface area contributed by atoms with E-state index in [9.17, 15) is 4.79 Å². The van der Waals surface area contributed by atoms with Crippen LogP contribution in [0.15, 0.2) is 0 Å². The Kier molecular flexibility index (Phi) is 37.6. The first kappa shape index (κ1) is 28.5. The number of likely N-dealkylation sites (N-methyl/N-ethyl adjacent to an activating group) is 2. The molecular formula is C17H42N2O2. The van der Waals surface area contributed by atoms with Crippen LogP contribution < -0.4 is 0 Å². The van der Waals surface area contributed by atoms with Gasteiger partial charge in [-0.3, -0.25) is 4.79 Å². The van der Waals surface area contributed by atoms with Gasteiger partial charge in [-0.25, -0.2) is 0 Å². The van der Waals surface area contributed by atoms with Crippen LogP contribution in [0, 0.1) is 0 Å². The van der Waals surface area contributed by atoms with Gasteiger partial charge in [0, 0.05) is 26.6 Å². The number of carbonyl (C=O) groups excluding carboxylic acids is 1. The highest BCUT2D eigenvalue weighted by atomic mass is 16.5. The third-order valence-electron chi connectivity index (χ3n) is 2.14. The maximum Gasteiger partial charge on any atom is 0.222 e. The summed E-state index contributed by atoms with van der Waals surface area (Å²) in [4.78, 5) is 15.2. The normalized spacial score (nSPS) is 8.52. The topological polar surface area (TPSA) is 32.8 Å². The predicted octanol–water partition coefficient (Wildman–Crippen LogP) is 3.90. The van der Waals surface area contributed by atoms with Crippen LogP contribution in [0.5, 0.6) is 0 Å². The minimum absolute atomic E-state index is 0.203. The smallest absolute Gasteiger partial charge is 0.222 e. The van der Waals surface area contributed by atoms with E-state index in [2.05, 4.69) is 4.90 Å². The molecule has 0 aliphatic heterocycles. The quantitative estimate of drug-likeness (QED) is 0.638. The molecule has 0 fully saturated rings. The molecule has 4 heteroatoms. The van der Waals surface area contributed by atoms with Crippen molar-refractivity contribution in [3.8, 4) is 0 Å². The molecule has 0 atom stereocenters. The van der Waals surface area contributed by atoms with Crippen LogP contribution in [-0.2, 0) is 9.53 Å². The fraction of sp³-hybridized carbons (Fsp3) is 0.941. The highest BCUT2D eigenvalue weighted by Crippen LogP contribution is 1.94. The van der Waals surface area contributed by atoms with E-state index in [0.717, 1.165) is 19.6 Å². The van der Waals surface area contributed by atoms with Gasteiger partial charge >= 0.3 is 0 Å². The second-order valence-corrected chi connectivity index (χ2v) is 3.98. The first-order chi connectivity index (χ1) is 10.1. The summed E-state index contributed by atoms with van der Waals surface area (Å²) in [6.07, 6.45) is 1.54. The molecule has 0 aromatic heterocycles. The van der Waals surface area contributed by atoms with E-state index in [1.165, 1.54) is 0 Å². The molecule has 1 amide bonds. The maximum atomic E-state index is 11.4. The van der Waals surface area contributed by atoms with Gasteiger partial charge in [-0.2, -0.15) is 0 Å². The van der Waals surface area contributed by atoms with Gasteiger partial charge in [-0.05, 0) is 20.5 Å². The van der Waals surface area contributed by atoms with Crippen molar-refractivity contribution in [3.05, 3.63) is 0 Å². The Morgan fingerprint density at radius 3 is 1.67 bits per heavy atom. The van der Waals surface area contributed by atoms with Crippen molar-refractivity contribution in [2.45, 2.75) is 61.3 Å². The number of carbonyl (C=O) groups is 1. The standard InChI is InChI=1S/C11H24N2O2.3C2H6/c1-5-6-11(14)13(4)8-10-15-9-7-12(2)3;3*1-2/h5-10H2,1-4H3;3*1-2H3. The van der Waals surface area contributed by atoms with E-state index in [1.807, 2.05) is 69.6 Å². The molecule has 0 rings (SSSR count). The summed E-state index contributed by atoms with van der Waals surface area (Å²) in [5.74, 6) is 0.203. The summed E-state index contributed by atoms with van der Waals surface area (Å²) in [7, 11) is 5.85. The van der Waals surface area contributed by atoms with Crippen LogP contribution in [0.4, 0.5) is 0 Å². The van der Waals surface area contributed by atoms with Crippen LogP contribution in [-0.4, -0.2) is 63.2 Å². The third kappa shape index (κ3) is 28.3. The molecule has 0 unspecified atom stereocenters. The van der Waals surface area contributed by atoms with Crippen molar-refractivity contribution in [2.24, 2.45) is 0 Å². The van der Waals surface area contributed by atoms with E-state index >= 15 is 0 Å². The summed E-state index contributed by atoms with van der Waals surface area (Å²) in [5, 5.41) is 0. The lowest BCUT2D eigenvalue weighted by molar-refractivity contribution is -0.130. The molecular weight excluding hydrogens is 264 g/mol. The van der Waals surface area contributed by atoms with Gasteiger partial charge in [0.1, 0.15) is 0 Å². The van der Waals surface area contributed by atoms with E-state index in [0.29, 0.717) is 19.6 Å². The van der Waals surface area contributed by atoms with Crippen molar-refractivity contribution in [1.29, 1.82) is 0 Å². The van der Waals surface area contributed by atoms with Gasteiger partial charge in [-0.1, -0.05) is 48.5 Å². The van der Waals surface area contributed by atoms with E-state index in [4.69, 9.17) is 4.74 Å². The van der Waals surface area contributed by atoms with Crippen LogP contribution in [0.2, 0.25) is 0 Å². The number of hydrogen-bond donors (Lipinski definition) is 0. The summed E-state index contributed by atoms with van der Waals surface area (Å²) in [6.45, 7) is 17.0. The molecule has 0 N–H and O–H groups in total. The lowest BCUT2D eigenvalue weighted by atomic mass is 10.3. The highest BCUT2D eigenvalue weighted by Gasteiger charge is 2.06. The molecule has 0 radical (unpaired) electrons. The van der Waals surface area contributed by atoms with Gasteiger partial charge < -0.3 is 14.5 Å². The molecule has 0 aromatic rings. The molecule has 0 bridgehead atoms. The predicted molar refractivity (Wildman–Crippen MR) is 96.0 cm³/mol. The largest absolute Gasteiger partial charge is 0.378 e. The Morgan fingerprint density at radius 1 is 0.857 bits per heavy atom. The number of ether oxygens (including phenoxy) is 1. The average molecular weight is 307 g/mol. The minimum atomic E-state index is 0.203. The zero-order valence-corrected chi connectivity index (χ0v) is 16.5. The minimum Gasteiger partial charge on any atom is -0.378 e. The Balaban J connectivity index is -0.000000212. The highest BCUT2D eigenvalue weighted by molar-refractivity contribution is 5.75. The first-order valence-electron chi connectivity index (χ1n) is 8.54. The molecule has 132 valence electrons. The summed E-state index contributed by atoms with van der Waals surface area (Å²) in [5.41, 5.74) is 0. The van der Waals surface area contributed by atoms with E-state index < -0.39 is 0 Å². The van der Waals surface area contributed by atoms with Crippen LogP contribution in [0.1, 0.15) is 61.3 Å². The first-order valence-corrected chi connectivity index (χ1v) is 8.54. The van der Waals surface area contributed by atoms with E-state index in [-0.39, 0.29) is 5.91 Å². The molecule has 0 spiro atoms. The second-order valence-electron chi connectivity index (χ2n) is 3.98. The van der Waals surface area contributed by atoms with Crippen LogP contribution in [0.3, 0.4) is 0 Å². The Labute approximate surface area is 134 Å². The average Bonchev–Trinajstić information content (AvgIpc) is 2.52. The van der Waals surface area contributed by atoms with Crippen LogP contribution >= 0.6 is 0 Å². The fourth-order valence-electron chi connectivity index (χ4n) is 1.08. The molecule has 21 heavy (non-hydrogen) atoms. The number of amides is 1. The fourth-order valence-corrected chi connectivity index (χ4v) is 1.08. The molecule has 0 heterocycles. The lowest BCUT2D eigenvalue weighted by Gasteiger charge is -2.17. The Hall–Kier alpha value is -0.610. The number of rotatable bonds is 8. The number of nitrogens with zero attached hydrogens (tertiary/aromatic N) is 2. The van der Waals surface area contributed by atoms with Gasteiger partial charge in [0.05, 0.1) is 13.2 Å². The molecule has 0 aromatic carbocycles. The zero-order chi connectivity index (χ0) is 17.7.